The van der Waals surface area contributed by atoms with E-state index in [1.165, 1.54) is 0 Å². The lowest BCUT2D eigenvalue weighted by molar-refractivity contribution is -0.133. The standard InChI is InChI=1S/C17H12BrNO3/c18-12-8-6-11(7-9-12)15(20)13-14(19-17(22)16(13)21)10-4-2-1-3-5-10/h1-9,14,20H,(H,19,22)/b15-13+/t14-/m1/s1. The molecule has 2 aromatic carbocycles. The number of carbonyl (C=O) groups is 2. The van der Waals surface area contributed by atoms with Crippen LogP contribution in [0.2, 0.25) is 0 Å². The van der Waals surface area contributed by atoms with Crippen LogP contribution >= 0.6 is 15.9 Å². The predicted molar refractivity (Wildman–Crippen MR) is 86.0 cm³/mol. The highest BCUT2D eigenvalue weighted by Crippen LogP contribution is 2.32. The molecule has 2 aromatic rings. The molecule has 22 heavy (non-hydrogen) atoms. The number of hydrogen-bond donors (Lipinski definition) is 2. The molecule has 4 nitrogen and oxygen atoms in total. The van der Waals surface area contributed by atoms with Gasteiger partial charge in [-0.15, -0.1) is 0 Å². The van der Waals surface area contributed by atoms with Crippen LogP contribution in [-0.4, -0.2) is 16.8 Å². The van der Waals surface area contributed by atoms with E-state index in [1.54, 1.807) is 36.4 Å². The number of Topliss-reactive ketones (excluding diaryl/α,β-unsaturated/α-hetero) is 1. The molecule has 0 radical (unpaired) electrons. The van der Waals surface area contributed by atoms with Crippen molar-refractivity contribution in [1.29, 1.82) is 0 Å². The molecular weight excluding hydrogens is 346 g/mol. The molecule has 0 bridgehead atoms. The zero-order chi connectivity index (χ0) is 15.7. The molecule has 1 fully saturated rings. The number of hydrogen-bond acceptors (Lipinski definition) is 3. The minimum atomic E-state index is -0.701. The first-order valence-electron chi connectivity index (χ1n) is 6.67. The second-order valence-corrected chi connectivity index (χ2v) is 5.83. The Kier molecular flexibility index (Phi) is 3.81. The molecule has 0 saturated carbocycles. The fourth-order valence-electron chi connectivity index (χ4n) is 2.43. The summed E-state index contributed by atoms with van der Waals surface area (Å²) in [5, 5.41) is 13.1. The lowest BCUT2D eigenvalue weighted by atomic mass is 9.96. The van der Waals surface area contributed by atoms with Crippen LogP contribution < -0.4 is 5.32 Å². The van der Waals surface area contributed by atoms with Gasteiger partial charge in [-0.2, -0.15) is 0 Å². The van der Waals surface area contributed by atoms with Crippen molar-refractivity contribution in [3.05, 3.63) is 75.8 Å². The van der Waals surface area contributed by atoms with Gasteiger partial charge in [-0.25, -0.2) is 0 Å². The highest BCUT2D eigenvalue weighted by atomic mass is 79.9. The summed E-state index contributed by atoms with van der Waals surface area (Å²) in [5.74, 6) is -1.58. The van der Waals surface area contributed by atoms with Crippen LogP contribution in [0.5, 0.6) is 0 Å². The number of amides is 1. The van der Waals surface area contributed by atoms with Gasteiger partial charge in [0.1, 0.15) is 5.76 Å². The molecule has 0 unspecified atom stereocenters. The largest absolute Gasteiger partial charge is 0.507 e. The summed E-state index contributed by atoms with van der Waals surface area (Å²) in [4.78, 5) is 23.9. The summed E-state index contributed by atoms with van der Waals surface area (Å²) < 4.78 is 0.862. The van der Waals surface area contributed by atoms with Crippen molar-refractivity contribution >= 4 is 33.4 Å². The van der Waals surface area contributed by atoms with Gasteiger partial charge in [0.25, 0.3) is 11.7 Å². The van der Waals surface area contributed by atoms with Gasteiger partial charge >= 0.3 is 0 Å². The van der Waals surface area contributed by atoms with Gasteiger partial charge < -0.3 is 10.4 Å². The third-order valence-corrected chi connectivity index (χ3v) is 4.05. The average molecular weight is 358 g/mol. The molecule has 1 amide bonds. The predicted octanol–water partition coefficient (Wildman–Crippen LogP) is 3.16. The normalized spacial score (nSPS) is 20.0. The number of ketones is 1. The van der Waals surface area contributed by atoms with Gasteiger partial charge in [-0.05, 0) is 17.7 Å². The highest BCUT2D eigenvalue weighted by molar-refractivity contribution is 9.10. The maximum atomic E-state index is 12.1. The molecule has 1 saturated heterocycles. The van der Waals surface area contributed by atoms with Crippen LogP contribution in [0.3, 0.4) is 0 Å². The third kappa shape index (κ3) is 2.55. The molecule has 1 aliphatic rings. The van der Waals surface area contributed by atoms with Crippen molar-refractivity contribution in [3.8, 4) is 0 Å². The maximum absolute atomic E-state index is 12.1. The minimum absolute atomic E-state index is 0.0820. The number of nitrogens with one attached hydrogen (secondary N) is 1. The van der Waals surface area contributed by atoms with Crippen LogP contribution in [-0.2, 0) is 9.59 Å². The molecule has 1 heterocycles. The van der Waals surface area contributed by atoms with E-state index >= 15 is 0 Å². The first kappa shape index (κ1) is 14.5. The SMILES string of the molecule is O=C1N[C@H](c2ccccc2)/C(=C(\O)c2ccc(Br)cc2)C1=O. The molecule has 5 heteroatoms. The van der Waals surface area contributed by atoms with Crippen molar-refractivity contribution in [3.63, 3.8) is 0 Å². The Balaban J connectivity index is 2.11. The Bertz CT molecular complexity index is 766. The fraction of sp³-hybridized carbons (Fsp3) is 0.0588. The summed E-state index contributed by atoms with van der Waals surface area (Å²) in [6.07, 6.45) is 0. The Morgan fingerprint density at radius 1 is 1.00 bits per heavy atom. The zero-order valence-corrected chi connectivity index (χ0v) is 13.0. The van der Waals surface area contributed by atoms with E-state index in [0.29, 0.717) is 5.56 Å². The average Bonchev–Trinajstić information content (AvgIpc) is 2.84. The van der Waals surface area contributed by atoms with Gasteiger partial charge in [-0.3, -0.25) is 9.59 Å². The highest BCUT2D eigenvalue weighted by Gasteiger charge is 2.39. The molecule has 1 aliphatic heterocycles. The lowest BCUT2D eigenvalue weighted by Gasteiger charge is -2.13. The molecule has 1 atom stereocenters. The quantitative estimate of drug-likeness (QED) is 0.492. The summed E-state index contributed by atoms with van der Waals surface area (Å²) in [6.45, 7) is 0. The van der Waals surface area contributed by atoms with Crippen LogP contribution in [0.4, 0.5) is 0 Å². The van der Waals surface area contributed by atoms with Crippen LogP contribution in [0.25, 0.3) is 5.76 Å². The number of halogens is 1. The summed E-state index contributed by atoms with van der Waals surface area (Å²) in [5.41, 5.74) is 1.32. The summed E-state index contributed by atoms with van der Waals surface area (Å²) >= 11 is 3.32. The number of aliphatic hydroxyl groups excluding tert-OH is 1. The van der Waals surface area contributed by atoms with E-state index in [2.05, 4.69) is 21.2 Å². The molecular formula is C17H12BrNO3. The molecule has 3 rings (SSSR count). The number of carbonyl (C=O) groups excluding carboxylic acids is 2. The monoisotopic (exact) mass is 357 g/mol. The Hall–Kier alpha value is -2.40. The maximum Gasteiger partial charge on any atom is 0.293 e. The lowest BCUT2D eigenvalue weighted by Crippen LogP contribution is -2.21. The van der Waals surface area contributed by atoms with Crippen LogP contribution in [0.15, 0.2) is 64.6 Å². The number of rotatable bonds is 2. The van der Waals surface area contributed by atoms with E-state index in [-0.39, 0.29) is 11.3 Å². The van der Waals surface area contributed by atoms with Gasteiger partial charge in [0.05, 0.1) is 11.6 Å². The van der Waals surface area contributed by atoms with Crippen molar-refractivity contribution in [2.75, 3.05) is 0 Å². The molecule has 110 valence electrons. The Morgan fingerprint density at radius 3 is 2.27 bits per heavy atom. The first-order chi connectivity index (χ1) is 10.6. The van der Waals surface area contributed by atoms with Crippen LogP contribution in [0.1, 0.15) is 17.2 Å². The number of benzene rings is 2. The molecule has 2 N–H and O–H groups in total. The first-order valence-corrected chi connectivity index (χ1v) is 7.46. The van der Waals surface area contributed by atoms with Gasteiger partial charge in [-0.1, -0.05) is 58.4 Å². The molecule has 0 aromatic heterocycles. The Morgan fingerprint density at radius 2 is 1.64 bits per heavy atom. The van der Waals surface area contributed by atoms with Crippen molar-refractivity contribution in [2.45, 2.75) is 6.04 Å². The van der Waals surface area contributed by atoms with E-state index in [4.69, 9.17) is 0 Å². The van der Waals surface area contributed by atoms with Gasteiger partial charge in [0.15, 0.2) is 0 Å². The van der Waals surface area contributed by atoms with Gasteiger partial charge in [0, 0.05) is 10.0 Å². The van der Waals surface area contributed by atoms with E-state index in [9.17, 15) is 14.7 Å². The smallest absolute Gasteiger partial charge is 0.293 e. The third-order valence-electron chi connectivity index (χ3n) is 3.52. The van der Waals surface area contributed by atoms with E-state index in [0.717, 1.165) is 10.0 Å². The fourth-order valence-corrected chi connectivity index (χ4v) is 2.69. The van der Waals surface area contributed by atoms with Crippen molar-refractivity contribution in [2.24, 2.45) is 0 Å². The topological polar surface area (TPSA) is 66.4 Å². The zero-order valence-electron chi connectivity index (χ0n) is 11.4. The van der Waals surface area contributed by atoms with Gasteiger partial charge in [0.2, 0.25) is 0 Å². The second-order valence-electron chi connectivity index (χ2n) is 4.92. The van der Waals surface area contributed by atoms with Crippen molar-refractivity contribution < 1.29 is 14.7 Å². The molecule has 0 spiro atoms. The molecule has 0 aliphatic carbocycles. The van der Waals surface area contributed by atoms with E-state index < -0.39 is 17.7 Å². The van der Waals surface area contributed by atoms with Crippen molar-refractivity contribution in [1.82, 2.24) is 5.32 Å². The minimum Gasteiger partial charge on any atom is -0.507 e. The summed E-state index contributed by atoms with van der Waals surface area (Å²) in [6, 6.07) is 15.4. The van der Waals surface area contributed by atoms with E-state index in [1.807, 2.05) is 18.2 Å². The summed E-state index contributed by atoms with van der Waals surface area (Å²) in [7, 11) is 0. The second kappa shape index (κ2) is 5.77. The van der Waals surface area contributed by atoms with Crippen LogP contribution in [0, 0.1) is 0 Å². The number of aliphatic hydroxyl groups is 1. The Labute approximate surface area is 135 Å².